The lowest BCUT2D eigenvalue weighted by atomic mass is 10.2. The number of hydrogen-bond acceptors (Lipinski definition) is 3. The van der Waals surface area contributed by atoms with Crippen molar-refractivity contribution in [1.29, 1.82) is 0 Å². The average molecular weight is 305 g/mol. The zero-order chi connectivity index (χ0) is 15.9. The van der Waals surface area contributed by atoms with Gasteiger partial charge in [0, 0.05) is 39.0 Å². The monoisotopic (exact) mass is 305 g/mol. The highest BCUT2D eigenvalue weighted by molar-refractivity contribution is 5.75. The van der Waals surface area contributed by atoms with E-state index in [0.717, 1.165) is 18.5 Å². The predicted octanol–water partition coefficient (Wildman–Crippen LogP) is 2.47. The quantitative estimate of drug-likeness (QED) is 0.789. The molecule has 1 heterocycles. The molecule has 0 atom stereocenters. The van der Waals surface area contributed by atoms with Crippen LogP contribution in [0.2, 0.25) is 0 Å². The van der Waals surface area contributed by atoms with Gasteiger partial charge < -0.3 is 14.2 Å². The Morgan fingerprint density at radius 3 is 2.91 bits per heavy atom. The Bertz CT molecular complexity index is 614. The normalized spacial score (nSPS) is 10.5. The van der Waals surface area contributed by atoms with E-state index in [9.17, 15) is 9.18 Å². The Balaban J connectivity index is 1.81. The van der Waals surface area contributed by atoms with Gasteiger partial charge in [-0.3, -0.25) is 4.79 Å². The molecule has 0 unspecified atom stereocenters. The second-order valence-electron chi connectivity index (χ2n) is 5.12. The molecule has 0 saturated carbocycles. The molecule has 118 valence electrons. The van der Waals surface area contributed by atoms with Crippen LogP contribution < -0.4 is 4.74 Å². The predicted molar refractivity (Wildman–Crippen MR) is 80.9 cm³/mol. The van der Waals surface area contributed by atoms with E-state index in [2.05, 4.69) is 4.98 Å². The van der Waals surface area contributed by atoms with Gasteiger partial charge in [-0.2, -0.15) is 0 Å². The van der Waals surface area contributed by atoms with Gasteiger partial charge in [0.1, 0.15) is 0 Å². The van der Waals surface area contributed by atoms with Crippen LogP contribution in [-0.2, 0) is 17.9 Å². The number of rotatable bonds is 7. The van der Waals surface area contributed by atoms with Crippen molar-refractivity contribution in [3.8, 4) is 5.75 Å². The van der Waals surface area contributed by atoms with Crippen LogP contribution in [0.25, 0.3) is 0 Å². The number of ether oxygens (including phenoxy) is 1. The third kappa shape index (κ3) is 4.31. The second kappa shape index (κ2) is 7.59. The minimum absolute atomic E-state index is 0.0383. The van der Waals surface area contributed by atoms with Crippen molar-refractivity contribution in [3.63, 3.8) is 0 Å². The molecule has 1 aromatic heterocycles. The molecule has 6 heteroatoms. The number of nitrogens with zero attached hydrogens (tertiary/aromatic N) is 3. The number of methoxy groups -OCH3 is 1. The van der Waals surface area contributed by atoms with Crippen LogP contribution in [0.5, 0.6) is 5.75 Å². The number of aryl methyl sites for hydroxylation is 1. The van der Waals surface area contributed by atoms with E-state index in [-0.39, 0.29) is 11.7 Å². The molecule has 0 aliphatic heterocycles. The van der Waals surface area contributed by atoms with Gasteiger partial charge in [0.25, 0.3) is 0 Å². The van der Waals surface area contributed by atoms with Gasteiger partial charge in [0.2, 0.25) is 5.91 Å². The summed E-state index contributed by atoms with van der Waals surface area (Å²) in [7, 11) is 3.15. The summed E-state index contributed by atoms with van der Waals surface area (Å²) in [5.41, 5.74) is 0.740. The zero-order valence-corrected chi connectivity index (χ0v) is 12.8. The first kappa shape index (κ1) is 16.0. The summed E-state index contributed by atoms with van der Waals surface area (Å²) in [6.45, 7) is 1.14. The van der Waals surface area contributed by atoms with Gasteiger partial charge in [0.15, 0.2) is 11.6 Å². The van der Waals surface area contributed by atoms with Crippen LogP contribution in [0.15, 0.2) is 36.9 Å². The summed E-state index contributed by atoms with van der Waals surface area (Å²) in [5, 5.41) is 0. The molecular weight excluding hydrogens is 285 g/mol. The fraction of sp³-hybridized carbons (Fsp3) is 0.375. The van der Waals surface area contributed by atoms with Crippen molar-refractivity contribution in [2.45, 2.75) is 25.9 Å². The van der Waals surface area contributed by atoms with E-state index in [4.69, 9.17) is 4.74 Å². The molecule has 2 aromatic rings. The van der Waals surface area contributed by atoms with Crippen LogP contribution in [0.1, 0.15) is 18.4 Å². The highest BCUT2D eigenvalue weighted by Crippen LogP contribution is 2.18. The number of imidazole rings is 1. The number of halogens is 1. The molecule has 0 aliphatic carbocycles. The van der Waals surface area contributed by atoms with Gasteiger partial charge in [-0.25, -0.2) is 9.37 Å². The topological polar surface area (TPSA) is 47.4 Å². The molecule has 0 fully saturated rings. The van der Waals surface area contributed by atoms with Gasteiger partial charge in [-0.1, -0.05) is 6.07 Å². The van der Waals surface area contributed by atoms with Gasteiger partial charge in [-0.15, -0.1) is 0 Å². The summed E-state index contributed by atoms with van der Waals surface area (Å²) in [4.78, 5) is 17.6. The minimum atomic E-state index is -0.416. The summed E-state index contributed by atoms with van der Waals surface area (Å²) < 4.78 is 20.4. The maximum Gasteiger partial charge on any atom is 0.222 e. The lowest BCUT2D eigenvalue weighted by Crippen LogP contribution is -2.26. The summed E-state index contributed by atoms with van der Waals surface area (Å²) in [6, 6.07) is 4.73. The van der Waals surface area contributed by atoms with E-state index in [1.54, 1.807) is 36.6 Å². The number of hydrogen-bond donors (Lipinski definition) is 0. The van der Waals surface area contributed by atoms with Crippen molar-refractivity contribution in [1.82, 2.24) is 14.5 Å². The van der Waals surface area contributed by atoms with Gasteiger partial charge >= 0.3 is 0 Å². The first-order chi connectivity index (χ1) is 10.6. The number of carbonyl (C=O) groups is 1. The molecule has 0 bridgehead atoms. The standard InChI is InChI=1S/C16H20FN3O2/c1-19(11-13-5-6-15(22-2)14(17)10-13)16(21)4-3-8-20-9-7-18-12-20/h5-7,9-10,12H,3-4,8,11H2,1-2H3. The SMILES string of the molecule is COc1ccc(CN(C)C(=O)CCCn2ccnc2)cc1F. The summed E-state index contributed by atoms with van der Waals surface area (Å²) in [5.74, 6) is -0.171. The van der Waals surface area contributed by atoms with Crippen LogP contribution in [0, 0.1) is 5.82 Å². The minimum Gasteiger partial charge on any atom is -0.494 e. The molecule has 2 rings (SSSR count). The maximum atomic E-state index is 13.6. The molecule has 0 aliphatic rings. The van der Waals surface area contributed by atoms with E-state index in [1.165, 1.54) is 13.2 Å². The summed E-state index contributed by atoms with van der Waals surface area (Å²) >= 11 is 0. The first-order valence-corrected chi connectivity index (χ1v) is 7.12. The van der Waals surface area contributed by atoms with Crippen molar-refractivity contribution < 1.29 is 13.9 Å². The van der Waals surface area contributed by atoms with Crippen molar-refractivity contribution in [2.75, 3.05) is 14.2 Å². The lowest BCUT2D eigenvalue weighted by Gasteiger charge is -2.17. The average Bonchev–Trinajstić information content (AvgIpc) is 3.00. The molecule has 5 nitrogen and oxygen atoms in total. The zero-order valence-electron chi connectivity index (χ0n) is 12.8. The van der Waals surface area contributed by atoms with E-state index in [1.807, 2.05) is 10.8 Å². The van der Waals surface area contributed by atoms with E-state index in [0.29, 0.717) is 13.0 Å². The Kier molecular flexibility index (Phi) is 5.52. The third-order valence-electron chi connectivity index (χ3n) is 3.43. The fourth-order valence-electron chi connectivity index (χ4n) is 2.19. The first-order valence-electron chi connectivity index (χ1n) is 7.12. The second-order valence-corrected chi connectivity index (χ2v) is 5.12. The van der Waals surface area contributed by atoms with Crippen molar-refractivity contribution in [2.24, 2.45) is 0 Å². The Morgan fingerprint density at radius 1 is 1.45 bits per heavy atom. The van der Waals surface area contributed by atoms with Crippen LogP contribution in [0.4, 0.5) is 4.39 Å². The number of benzene rings is 1. The largest absolute Gasteiger partial charge is 0.494 e. The number of aromatic nitrogens is 2. The third-order valence-corrected chi connectivity index (χ3v) is 3.43. The molecule has 0 spiro atoms. The Morgan fingerprint density at radius 2 is 2.27 bits per heavy atom. The molecule has 22 heavy (non-hydrogen) atoms. The smallest absolute Gasteiger partial charge is 0.222 e. The molecule has 0 saturated heterocycles. The Hall–Kier alpha value is -2.37. The molecule has 1 amide bonds. The fourth-order valence-corrected chi connectivity index (χ4v) is 2.19. The van der Waals surface area contributed by atoms with Crippen LogP contribution in [0.3, 0.4) is 0 Å². The maximum absolute atomic E-state index is 13.6. The van der Waals surface area contributed by atoms with Crippen LogP contribution >= 0.6 is 0 Å². The number of carbonyl (C=O) groups excluding carboxylic acids is 1. The molecule has 0 N–H and O–H groups in total. The van der Waals surface area contributed by atoms with E-state index < -0.39 is 5.82 Å². The molecular formula is C16H20FN3O2. The Labute approximate surface area is 129 Å². The van der Waals surface area contributed by atoms with Crippen molar-refractivity contribution in [3.05, 3.63) is 48.3 Å². The highest BCUT2D eigenvalue weighted by Gasteiger charge is 2.11. The molecule has 0 radical (unpaired) electrons. The highest BCUT2D eigenvalue weighted by atomic mass is 19.1. The number of amides is 1. The van der Waals surface area contributed by atoms with Gasteiger partial charge in [-0.05, 0) is 24.1 Å². The van der Waals surface area contributed by atoms with Crippen LogP contribution in [-0.4, -0.2) is 34.5 Å². The van der Waals surface area contributed by atoms with Crippen molar-refractivity contribution >= 4 is 5.91 Å². The lowest BCUT2D eigenvalue weighted by molar-refractivity contribution is -0.130. The molecule has 1 aromatic carbocycles. The summed E-state index contributed by atoms with van der Waals surface area (Å²) in [6.07, 6.45) is 6.51. The van der Waals surface area contributed by atoms with E-state index >= 15 is 0 Å². The van der Waals surface area contributed by atoms with Gasteiger partial charge in [0.05, 0.1) is 13.4 Å².